The normalized spacial score (nSPS) is 12.5. The summed E-state index contributed by atoms with van der Waals surface area (Å²) in [6, 6.07) is 6.61. The van der Waals surface area contributed by atoms with E-state index in [2.05, 4.69) is 53.9 Å². The van der Waals surface area contributed by atoms with Gasteiger partial charge in [0.05, 0.1) is 10.7 Å². The highest BCUT2D eigenvalue weighted by molar-refractivity contribution is 14.1. The molecule has 1 aromatic carbocycles. The Kier molecular flexibility index (Phi) is 6.51. The van der Waals surface area contributed by atoms with E-state index in [1.807, 2.05) is 6.07 Å². The lowest BCUT2D eigenvalue weighted by molar-refractivity contribution is 0.615. The molecule has 1 N–H and O–H groups in total. The van der Waals surface area contributed by atoms with E-state index in [0.29, 0.717) is 6.04 Å². The first-order valence-electron chi connectivity index (χ1n) is 5.85. The molecule has 16 heavy (non-hydrogen) atoms. The van der Waals surface area contributed by atoms with Crippen molar-refractivity contribution >= 4 is 39.9 Å². The zero-order valence-electron chi connectivity index (χ0n) is 9.89. The lowest BCUT2D eigenvalue weighted by atomic mass is 10.1. The molecule has 90 valence electrons. The number of hydrogen-bond donors (Lipinski definition) is 1. The van der Waals surface area contributed by atoms with Gasteiger partial charge in [-0.25, -0.2) is 0 Å². The summed E-state index contributed by atoms with van der Waals surface area (Å²) in [5.41, 5.74) is 1.05. The Hall–Kier alpha value is 0.0400. The number of nitrogens with one attached hydrogen (secondary N) is 1. The summed E-state index contributed by atoms with van der Waals surface area (Å²) < 4.78 is 1.17. The Morgan fingerprint density at radius 2 is 2.12 bits per heavy atom. The molecule has 0 saturated heterocycles. The zero-order valence-corrected chi connectivity index (χ0v) is 12.8. The first-order valence-corrected chi connectivity index (χ1v) is 7.30. The molecule has 0 fully saturated rings. The van der Waals surface area contributed by atoms with Crippen molar-refractivity contribution in [3.63, 3.8) is 0 Å². The molecule has 1 unspecified atom stereocenters. The maximum Gasteiger partial charge on any atom is 0.0648 e. The van der Waals surface area contributed by atoms with Gasteiger partial charge in [0.25, 0.3) is 0 Å². The van der Waals surface area contributed by atoms with Crippen molar-refractivity contribution in [3.8, 4) is 0 Å². The van der Waals surface area contributed by atoms with E-state index in [4.69, 9.17) is 11.6 Å². The van der Waals surface area contributed by atoms with Crippen LogP contribution >= 0.6 is 34.2 Å². The second kappa shape index (κ2) is 7.38. The molecule has 0 saturated carbocycles. The molecule has 0 bridgehead atoms. The second-order valence-electron chi connectivity index (χ2n) is 4.17. The Morgan fingerprint density at radius 3 is 2.75 bits per heavy atom. The number of anilines is 1. The molecule has 0 amide bonds. The highest BCUT2D eigenvalue weighted by Crippen LogP contribution is 2.25. The largest absolute Gasteiger partial charge is 0.381 e. The number of benzene rings is 1. The summed E-state index contributed by atoms with van der Waals surface area (Å²) in [6.45, 7) is 4.44. The van der Waals surface area contributed by atoms with Gasteiger partial charge in [0.1, 0.15) is 0 Å². The molecule has 0 heterocycles. The van der Waals surface area contributed by atoms with E-state index >= 15 is 0 Å². The van der Waals surface area contributed by atoms with Gasteiger partial charge in [-0.1, -0.05) is 37.8 Å². The van der Waals surface area contributed by atoms with Crippen molar-refractivity contribution < 1.29 is 0 Å². The summed E-state index contributed by atoms with van der Waals surface area (Å²) in [6.07, 6.45) is 5.08. The molecule has 0 aliphatic heterocycles. The lowest BCUT2D eigenvalue weighted by Gasteiger charge is -2.16. The number of hydrogen-bond acceptors (Lipinski definition) is 1. The third kappa shape index (κ3) is 4.91. The van der Waals surface area contributed by atoms with E-state index in [0.717, 1.165) is 10.7 Å². The van der Waals surface area contributed by atoms with Gasteiger partial charge in [-0.05, 0) is 54.1 Å². The summed E-state index contributed by atoms with van der Waals surface area (Å²) >= 11 is 8.44. The Morgan fingerprint density at radius 1 is 1.38 bits per heavy atom. The molecule has 0 aliphatic carbocycles. The van der Waals surface area contributed by atoms with Crippen molar-refractivity contribution in [2.45, 2.75) is 45.6 Å². The first kappa shape index (κ1) is 14.1. The average molecular weight is 352 g/mol. The van der Waals surface area contributed by atoms with Gasteiger partial charge in [-0.3, -0.25) is 0 Å². The van der Waals surface area contributed by atoms with Gasteiger partial charge in [-0.2, -0.15) is 0 Å². The molecule has 1 atom stereocenters. The molecule has 0 aromatic heterocycles. The highest BCUT2D eigenvalue weighted by Gasteiger charge is 2.05. The molecular weight excluding hydrogens is 333 g/mol. The summed E-state index contributed by atoms with van der Waals surface area (Å²) in [5, 5.41) is 4.28. The number of unbranched alkanes of at least 4 members (excludes halogenated alkanes) is 2. The third-order valence-electron chi connectivity index (χ3n) is 2.57. The average Bonchev–Trinajstić information content (AvgIpc) is 2.23. The standard InChI is InChI=1S/C13H19ClIN/c1-3-4-5-6-10(2)16-13-8-7-11(15)9-12(13)14/h7-10,16H,3-6H2,1-2H3. The number of halogens is 2. The minimum absolute atomic E-state index is 0.490. The highest BCUT2D eigenvalue weighted by atomic mass is 127. The Balaban J connectivity index is 2.46. The fourth-order valence-electron chi connectivity index (χ4n) is 1.64. The van der Waals surface area contributed by atoms with Crippen LogP contribution in [-0.4, -0.2) is 6.04 Å². The van der Waals surface area contributed by atoms with E-state index in [9.17, 15) is 0 Å². The lowest BCUT2D eigenvalue weighted by Crippen LogP contribution is -2.15. The molecule has 1 rings (SSSR count). The van der Waals surface area contributed by atoms with Crippen molar-refractivity contribution in [3.05, 3.63) is 26.8 Å². The molecule has 3 heteroatoms. The minimum atomic E-state index is 0.490. The molecule has 0 radical (unpaired) electrons. The van der Waals surface area contributed by atoms with Gasteiger partial charge >= 0.3 is 0 Å². The third-order valence-corrected chi connectivity index (χ3v) is 3.56. The fourth-order valence-corrected chi connectivity index (χ4v) is 2.56. The Bertz CT molecular complexity index is 328. The van der Waals surface area contributed by atoms with E-state index < -0.39 is 0 Å². The summed E-state index contributed by atoms with van der Waals surface area (Å²) in [7, 11) is 0. The van der Waals surface area contributed by atoms with E-state index in [-0.39, 0.29) is 0 Å². The van der Waals surface area contributed by atoms with Gasteiger partial charge in [-0.15, -0.1) is 0 Å². The monoisotopic (exact) mass is 351 g/mol. The van der Waals surface area contributed by atoms with Crippen LogP contribution in [0.25, 0.3) is 0 Å². The van der Waals surface area contributed by atoms with Crippen LogP contribution in [0, 0.1) is 3.57 Å². The van der Waals surface area contributed by atoms with Crippen LogP contribution in [0.3, 0.4) is 0 Å². The second-order valence-corrected chi connectivity index (χ2v) is 5.82. The molecule has 0 spiro atoms. The van der Waals surface area contributed by atoms with Crippen LogP contribution in [0.4, 0.5) is 5.69 Å². The molecule has 1 aromatic rings. The first-order chi connectivity index (χ1) is 7.63. The maximum absolute atomic E-state index is 6.17. The van der Waals surface area contributed by atoms with Crippen LogP contribution in [0.15, 0.2) is 18.2 Å². The zero-order chi connectivity index (χ0) is 12.0. The summed E-state index contributed by atoms with van der Waals surface area (Å²) in [4.78, 5) is 0. The van der Waals surface area contributed by atoms with E-state index in [1.165, 1.54) is 29.3 Å². The van der Waals surface area contributed by atoms with Gasteiger partial charge in [0, 0.05) is 9.61 Å². The Labute approximate surface area is 117 Å². The van der Waals surface area contributed by atoms with Crippen LogP contribution in [0.1, 0.15) is 39.5 Å². The van der Waals surface area contributed by atoms with Crippen LogP contribution < -0.4 is 5.32 Å². The van der Waals surface area contributed by atoms with Crippen LogP contribution in [0.2, 0.25) is 5.02 Å². The SMILES string of the molecule is CCCCCC(C)Nc1ccc(I)cc1Cl. The van der Waals surface area contributed by atoms with Gasteiger partial charge in [0.2, 0.25) is 0 Å². The quantitative estimate of drug-likeness (QED) is 0.540. The predicted molar refractivity (Wildman–Crippen MR) is 81.4 cm³/mol. The topological polar surface area (TPSA) is 12.0 Å². The predicted octanol–water partition coefficient (Wildman–Crippen LogP) is 5.33. The molecule has 0 aliphatic rings. The molecule has 1 nitrogen and oxygen atoms in total. The summed E-state index contributed by atoms with van der Waals surface area (Å²) in [5.74, 6) is 0. The van der Waals surface area contributed by atoms with E-state index in [1.54, 1.807) is 0 Å². The smallest absolute Gasteiger partial charge is 0.0648 e. The van der Waals surface area contributed by atoms with Gasteiger partial charge < -0.3 is 5.32 Å². The van der Waals surface area contributed by atoms with Crippen molar-refractivity contribution in [2.24, 2.45) is 0 Å². The van der Waals surface area contributed by atoms with Crippen LogP contribution in [-0.2, 0) is 0 Å². The number of rotatable bonds is 6. The minimum Gasteiger partial charge on any atom is -0.381 e. The van der Waals surface area contributed by atoms with Crippen molar-refractivity contribution in [1.82, 2.24) is 0 Å². The maximum atomic E-state index is 6.17. The van der Waals surface area contributed by atoms with Crippen molar-refractivity contribution in [1.29, 1.82) is 0 Å². The van der Waals surface area contributed by atoms with Crippen LogP contribution in [0.5, 0.6) is 0 Å². The van der Waals surface area contributed by atoms with Gasteiger partial charge in [0.15, 0.2) is 0 Å². The molecular formula is C13H19ClIN. The fraction of sp³-hybridized carbons (Fsp3) is 0.538. The van der Waals surface area contributed by atoms with Crippen molar-refractivity contribution in [2.75, 3.05) is 5.32 Å².